The van der Waals surface area contributed by atoms with E-state index in [1.54, 1.807) is 19.1 Å². The lowest BCUT2D eigenvalue weighted by Crippen LogP contribution is -2.28. The highest BCUT2D eigenvalue weighted by molar-refractivity contribution is 7.79. The molecule has 0 saturated heterocycles. The second-order valence-electron chi connectivity index (χ2n) is 5.41. The van der Waals surface area contributed by atoms with Crippen LogP contribution in [0.5, 0.6) is 0 Å². The Hall–Kier alpha value is -2.40. The van der Waals surface area contributed by atoms with Gasteiger partial charge in [0.2, 0.25) is 0 Å². The van der Waals surface area contributed by atoms with Gasteiger partial charge in [-0.3, -0.25) is 4.98 Å². The van der Waals surface area contributed by atoms with Gasteiger partial charge in [-0.25, -0.2) is 26.3 Å². The molecule has 0 atom stereocenters. The first-order chi connectivity index (χ1) is 12.3. The number of aromatic nitrogens is 1. The summed E-state index contributed by atoms with van der Waals surface area (Å²) in [6, 6.07) is 6.44. The third kappa shape index (κ3) is 3.44. The highest BCUT2D eigenvalue weighted by Crippen LogP contribution is 2.35. The van der Waals surface area contributed by atoms with Crippen molar-refractivity contribution in [3.05, 3.63) is 83.1 Å². The van der Waals surface area contributed by atoms with Gasteiger partial charge in [0.15, 0.2) is 23.3 Å². The van der Waals surface area contributed by atoms with Crippen LogP contribution in [0.1, 0.15) is 5.69 Å². The van der Waals surface area contributed by atoms with Crippen LogP contribution >= 0.6 is 7.92 Å². The van der Waals surface area contributed by atoms with Gasteiger partial charge in [-0.1, -0.05) is 6.07 Å². The molecule has 0 unspecified atom stereocenters. The monoisotopic (exact) mass is 385 g/mol. The molecular weight excluding hydrogens is 375 g/mol. The minimum absolute atomic E-state index is 0.134. The molecule has 8 heteroatoms. The van der Waals surface area contributed by atoms with Crippen molar-refractivity contribution in [2.45, 2.75) is 6.92 Å². The van der Waals surface area contributed by atoms with Crippen molar-refractivity contribution >= 4 is 24.0 Å². The molecule has 0 saturated carbocycles. The van der Waals surface area contributed by atoms with Crippen LogP contribution < -0.4 is 16.0 Å². The summed E-state index contributed by atoms with van der Waals surface area (Å²) in [6.07, 6.45) is 0. The predicted molar refractivity (Wildman–Crippen MR) is 87.4 cm³/mol. The number of benzene rings is 2. The van der Waals surface area contributed by atoms with Gasteiger partial charge in [0.1, 0.15) is 11.6 Å². The highest BCUT2D eigenvalue weighted by atomic mass is 31.1. The number of aryl methyl sites for hydroxylation is 1. The first-order valence-corrected chi connectivity index (χ1v) is 8.65. The van der Waals surface area contributed by atoms with Crippen LogP contribution in [-0.2, 0) is 0 Å². The molecule has 3 aromatic rings. The zero-order chi connectivity index (χ0) is 19.0. The fraction of sp³-hybridized carbons (Fsp3) is 0.0556. The Morgan fingerprint density at radius 3 is 1.58 bits per heavy atom. The molecule has 0 aliphatic rings. The molecule has 0 fully saturated rings. The van der Waals surface area contributed by atoms with Crippen molar-refractivity contribution in [2.24, 2.45) is 0 Å². The number of pyridine rings is 1. The van der Waals surface area contributed by atoms with E-state index in [4.69, 9.17) is 0 Å². The lowest BCUT2D eigenvalue weighted by molar-refractivity contribution is 0.497. The summed E-state index contributed by atoms with van der Waals surface area (Å²) in [5.74, 6) is -7.78. The highest BCUT2D eigenvalue weighted by Gasteiger charge is 2.27. The molecule has 1 nitrogen and oxygen atoms in total. The Morgan fingerprint density at radius 1 is 0.654 bits per heavy atom. The van der Waals surface area contributed by atoms with Crippen molar-refractivity contribution in [2.75, 3.05) is 0 Å². The third-order valence-corrected chi connectivity index (χ3v) is 5.92. The molecule has 1 heterocycles. The smallest absolute Gasteiger partial charge is 0.161 e. The normalized spacial score (nSPS) is 11.2. The first-order valence-electron chi connectivity index (χ1n) is 7.31. The second kappa shape index (κ2) is 7.08. The maximum atomic E-state index is 14.4. The summed E-state index contributed by atoms with van der Waals surface area (Å²) in [6.45, 7) is 1.63. The van der Waals surface area contributed by atoms with Gasteiger partial charge in [-0.15, -0.1) is 0 Å². The number of nitrogens with zero attached hydrogens (tertiary/aromatic N) is 1. The quantitative estimate of drug-likeness (QED) is 0.378. The molecule has 26 heavy (non-hydrogen) atoms. The Morgan fingerprint density at radius 2 is 1.12 bits per heavy atom. The van der Waals surface area contributed by atoms with Gasteiger partial charge in [-0.05, 0) is 31.2 Å². The summed E-state index contributed by atoms with van der Waals surface area (Å²) in [5, 5.41) is -0.774. The van der Waals surface area contributed by atoms with Gasteiger partial charge in [0.25, 0.3) is 0 Å². The third-order valence-electron chi connectivity index (χ3n) is 3.56. The van der Waals surface area contributed by atoms with Crippen LogP contribution in [0.2, 0.25) is 0 Å². The molecule has 0 amide bonds. The van der Waals surface area contributed by atoms with E-state index < -0.39 is 42.8 Å². The molecule has 0 bridgehead atoms. The topological polar surface area (TPSA) is 12.9 Å². The van der Waals surface area contributed by atoms with Gasteiger partial charge >= 0.3 is 0 Å². The number of hydrogen-bond acceptors (Lipinski definition) is 1. The van der Waals surface area contributed by atoms with Crippen molar-refractivity contribution in [3.63, 3.8) is 0 Å². The summed E-state index contributed by atoms with van der Waals surface area (Å²) in [4.78, 5) is 4.18. The lowest BCUT2D eigenvalue weighted by atomic mass is 10.3. The minimum atomic E-state index is -2.24. The van der Waals surface area contributed by atoms with E-state index >= 15 is 0 Å². The second-order valence-corrected chi connectivity index (χ2v) is 7.50. The van der Waals surface area contributed by atoms with Crippen molar-refractivity contribution in [3.8, 4) is 0 Å². The molecule has 3 rings (SSSR count). The average Bonchev–Trinajstić information content (AvgIpc) is 2.57. The Balaban J connectivity index is 2.31. The van der Waals surface area contributed by atoms with Crippen molar-refractivity contribution < 1.29 is 26.3 Å². The van der Waals surface area contributed by atoms with E-state index in [2.05, 4.69) is 4.98 Å². The standard InChI is InChI=1S/C18H10F6NP/c1-9-3-2-4-18(25-9)26(16-7-12(21)10(19)5-14(16)23)17-8-13(22)11(20)6-15(17)24/h2-8H,1H3. The van der Waals surface area contributed by atoms with Gasteiger partial charge in [-0.2, -0.15) is 0 Å². The van der Waals surface area contributed by atoms with Gasteiger partial charge in [0, 0.05) is 36.4 Å². The van der Waals surface area contributed by atoms with E-state index in [9.17, 15) is 26.3 Å². The van der Waals surface area contributed by atoms with Gasteiger partial charge < -0.3 is 0 Å². The molecule has 0 N–H and O–H groups in total. The van der Waals surface area contributed by atoms with E-state index in [0.29, 0.717) is 30.0 Å². The molecule has 2 aromatic carbocycles. The Bertz CT molecular complexity index is 934. The lowest BCUT2D eigenvalue weighted by Gasteiger charge is -2.20. The van der Waals surface area contributed by atoms with E-state index in [0.717, 1.165) is 0 Å². The Labute approximate surface area is 146 Å². The van der Waals surface area contributed by atoms with E-state index in [1.165, 1.54) is 6.07 Å². The van der Waals surface area contributed by atoms with Gasteiger partial charge in [0.05, 0.1) is 5.44 Å². The molecule has 0 radical (unpaired) electrons. The van der Waals surface area contributed by atoms with Crippen LogP contribution in [0.3, 0.4) is 0 Å². The molecular formula is C18H10F6NP. The molecule has 134 valence electrons. The molecule has 1 aromatic heterocycles. The zero-order valence-electron chi connectivity index (χ0n) is 13.2. The van der Waals surface area contributed by atoms with Crippen molar-refractivity contribution in [1.82, 2.24) is 4.98 Å². The fourth-order valence-electron chi connectivity index (χ4n) is 2.40. The van der Waals surface area contributed by atoms with Crippen LogP contribution in [0, 0.1) is 41.8 Å². The maximum absolute atomic E-state index is 14.4. The van der Waals surface area contributed by atoms with E-state index in [1.807, 2.05) is 0 Å². The molecule has 0 aliphatic carbocycles. The average molecular weight is 385 g/mol. The first kappa shape index (κ1) is 18.4. The summed E-state index contributed by atoms with van der Waals surface area (Å²) in [7, 11) is -2.24. The number of hydrogen-bond donors (Lipinski definition) is 0. The summed E-state index contributed by atoms with van der Waals surface area (Å²) < 4.78 is 82.7. The van der Waals surface area contributed by atoms with E-state index in [-0.39, 0.29) is 16.0 Å². The predicted octanol–water partition coefficient (Wildman–Crippen LogP) is 3.98. The maximum Gasteiger partial charge on any atom is 0.161 e. The van der Waals surface area contributed by atoms with Crippen LogP contribution in [0.4, 0.5) is 26.3 Å². The van der Waals surface area contributed by atoms with Crippen LogP contribution in [0.15, 0.2) is 42.5 Å². The fourth-order valence-corrected chi connectivity index (χ4v) is 4.68. The number of halogens is 6. The molecule has 0 aliphatic heterocycles. The number of rotatable bonds is 3. The molecule has 0 spiro atoms. The minimum Gasteiger partial charge on any atom is -0.253 e. The Kier molecular flexibility index (Phi) is 5.01. The van der Waals surface area contributed by atoms with Crippen LogP contribution in [-0.4, -0.2) is 4.98 Å². The summed E-state index contributed by atoms with van der Waals surface area (Å²) in [5.41, 5.74) is 0.635. The zero-order valence-corrected chi connectivity index (χ0v) is 14.1. The summed E-state index contributed by atoms with van der Waals surface area (Å²) >= 11 is 0. The SMILES string of the molecule is Cc1cccc(P(c2cc(F)c(F)cc2F)c2cc(F)c(F)cc2F)n1. The van der Waals surface area contributed by atoms with Crippen LogP contribution in [0.25, 0.3) is 0 Å². The largest absolute Gasteiger partial charge is 0.253 e. The van der Waals surface area contributed by atoms with Crippen molar-refractivity contribution in [1.29, 1.82) is 0 Å².